The molecule has 0 spiro atoms. The van der Waals surface area contributed by atoms with Gasteiger partial charge >= 0.3 is 0 Å². The van der Waals surface area contributed by atoms with E-state index in [0.717, 1.165) is 25.7 Å². The second-order valence-electron chi connectivity index (χ2n) is 8.41. The van der Waals surface area contributed by atoms with Gasteiger partial charge in [0.15, 0.2) is 0 Å². The van der Waals surface area contributed by atoms with Gasteiger partial charge < -0.3 is 15.1 Å². The predicted molar refractivity (Wildman–Crippen MR) is 120 cm³/mol. The van der Waals surface area contributed by atoms with Gasteiger partial charge in [0, 0.05) is 51.0 Å². The topological polar surface area (TPSA) is 21.8 Å². The van der Waals surface area contributed by atoms with Crippen molar-refractivity contribution in [1.29, 1.82) is 0 Å². The number of rotatable bonds is 11. The van der Waals surface area contributed by atoms with Crippen LogP contribution in [0.1, 0.15) is 44.6 Å². The quantitative estimate of drug-likeness (QED) is 0.589. The zero-order chi connectivity index (χ0) is 19.6. The molecule has 2 aliphatic heterocycles. The molecule has 2 saturated heterocycles. The van der Waals surface area contributed by atoms with E-state index in [9.17, 15) is 0 Å². The fourth-order valence-corrected chi connectivity index (χ4v) is 4.37. The Labute approximate surface area is 172 Å². The third-order valence-electron chi connectivity index (χ3n) is 6.25. The minimum atomic E-state index is 0.804. The van der Waals surface area contributed by atoms with E-state index in [-0.39, 0.29) is 0 Å². The molecule has 0 atom stereocenters. The third kappa shape index (κ3) is 6.33. The lowest BCUT2D eigenvalue weighted by Gasteiger charge is -2.45. The lowest BCUT2D eigenvalue weighted by molar-refractivity contribution is 0.0365. The van der Waals surface area contributed by atoms with E-state index in [1.54, 1.807) is 0 Å². The van der Waals surface area contributed by atoms with E-state index < -0.39 is 0 Å². The van der Waals surface area contributed by atoms with Crippen molar-refractivity contribution in [1.82, 2.24) is 20.0 Å². The number of unbranched alkanes of at least 4 members (excludes halogenated alkanes) is 2. The third-order valence-corrected chi connectivity index (χ3v) is 6.25. The van der Waals surface area contributed by atoms with E-state index in [0.29, 0.717) is 0 Å². The highest BCUT2D eigenvalue weighted by molar-refractivity contribution is 5.61. The Morgan fingerprint density at radius 1 is 1.07 bits per heavy atom. The van der Waals surface area contributed by atoms with Crippen LogP contribution in [0.4, 0.5) is 0 Å². The van der Waals surface area contributed by atoms with Crippen LogP contribution in [0.25, 0.3) is 5.70 Å². The average Bonchev–Trinajstić information content (AvgIpc) is 2.98. The van der Waals surface area contributed by atoms with Crippen LogP contribution in [0.15, 0.2) is 36.9 Å². The van der Waals surface area contributed by atoms with Crippen molar-refractivity contribution >= 4 is 5.70 Å². The van der Waals surface area contributed by atoms with Gasteiger partial charge in [0.05, 0.1) is 0 Å². The van der Waals surface area contributed by atoms with Crippen LogP contribution in [-0.2, 0) is 0 Å². The molecule has 4 heteroatoms. The summed E-state index contributed by atoms with van der Waals surface area (Å²) in [7, 11) is 0. The normalized spacial score (nSPS) is 19.2. The van der Waals surface area contributed by atoms with Gasteiger partial charge in [-0.15, -0.1) is 0 Å². The van der Waals surface area contributed by atoms with Crippen molar-refractivity contribution in [2.45, 2.75) is 45.1 Å². The molecule has 0 radical (unpaired) electrons. The molecule has 0 bridgehead atoms. The van der Waals surface area contributed by atoms with E-state index in [1.165, 1.54) is 82.6 Å². The van der Waals surface area contributed by atoms with Gasteiger partial charge in [-0.05, 0) is 50.9 Å². The fraction of sp³-hybridized carbons (Fsp3) is 0.667. The summed E-state index contributed by atoms with van der Waals surface area (Å²) in [6.45, 7) is 17.6. The number of benzene rings is 1. The molecule has 28 heavy (non-hydrogen) atoms. The maximum atomic E-state index is 4.39. The summed E-state index contributed by atoms with van der Waals surface area (Å²) in [5, 5.41) is 3.51. The molecular weight excluding hydrogens is 344 g/mol. The molecule has 0 amide bonds. The molecule has 1 aromatic carbocycles. The minimum Gasteiger partial charge on any atom is -0.372 e. The second kappa shape index (κ2) is 11.6. The summed E-state index contributed by atoms with van der Waals surface area (Å²) in [6.07, 6.45) is 6.32. The van der Waals surface area contributed by atoms with E-state index in [2.05, 4.69) is 63.9 Å². The van der Waals surface area contributed by atoms with Crippen molar-refractivity contribution in [3.05, 3.63) is 42.5 Å². The summed E-state index contributed by atoms with van der Waals surface area (Å²) in [6, 6.07) is 11.5. The van der Waals surface area contributed by atoms with Gasteiger partial charge in [-0.1, -0.05) is 50.3 Å². The summed E-state index contributed by atoms with van der Waals surface area (Å²) < 4.78 is 0. The monoisotopic (exact) mass is 384 g/mol. The van der Waals surface area contributed by atoms with Gasteiger partial charge in [0.1, 0.15) is 0 Å². The number of hydrogen-bond acceptors (Lipinski definition) is 4. The Bertz CT molecular complexity index is 559. The van der Waals surface area contributed by atoms with Crippen LogP contribution in [0.2, 0.25) is 0 Å². The lowest BCUT2D eigenvalue weighted by Crippen LogP contribution is -2.59. The first-order chi connectivity index (χ1) is 13.8. The minimum absolute atomic E-state index is 0.804. The van der Waals surface area contributed by atoms with Crippen molar-refractivity contribution in [3.63, 3.8) is 0 Å². The standard InChI is InChI=1S/C24H40N4/c1-3-4-16-27(22(2)23-11-6-5-7-12-23)17-9-8-15-26-20-24(21-26)28-18-10-13-25-14-19-28/h5-7,11-12,24-25H,2-4,8-10,13-21H2,1H3. The Balaban J connectivity index is 1.35. The van der Waals surface area contributed by atoms with Gasteiger partial charge in [0.25, 0.3) is 0 Å². The molecule has 156 valence electrons. The van der Waals surface area contributed by atoms with Crippen LogP contribution in [0.5, 0.6) is 0 Å². The molecule has 3 rings (SSSR count). The van der Waals surface area contributed by atoms with Crippen molar-refractivity contribution in [3.8, 4) is 0 Å². The van der Waals surface area contributed by atoms with E-state index in [4.69, 9.17) is 0 Å². The molecule has 1 aromatic rings. The molecule has 2 aliphatic rings. The molecule has 0 aliphatic carbocycles. The molecule has 0 unspecified atom stereocenters. The molecule has 2 fully saturated rings. The zero-order valence-corrected chi connectivity index (χ0v) is 17.9. The van der Waals surface area contributed by atoms with Gasteiger partial charge in [-0.3, -0.25) is 4.90 Å². The predicted octanol–water partition coefficient (Wildman–Crippen LogP) is 3.52. The van der Waals surface area contributed by atoms with E-state index >= 15 is 0 Å². The average molecular weight is 385 g/mol. The molecule has 2 heterocycles. The highest BCUT2D eigenvalue weighted by Crippen LogP contribution is 2.20. The maximum Gasteiger partial charge on any atom is 0.0366 e. The number of hydrogen-bond donors (Lipinski definition) is 1. The summed E-state index contributed by atoms with van der Waals surface area (Å²) in [5.74, 6) is 0. The Morgan fingerprint density at radius 2 is 1.86 bits per heavy atom. The zero-order valence-electron chi connectivity index (χ0n) is 17.9. The fourth-order valence-electron chi connectivity index (χ4n) is 4.37. The van der Waals surface area contributed by atoms with Crippen molar-refractivity contribution in [2.75, 3.05) is 58.9 Å². The molecule has 0 saturated carbocycles. The smallest absolute Gasteiger partial charge is 0.0366 e. The number of nitrogens with one attached hydrogen (secondary N) is 1. The summed E-state index contributed by atoms with van der Waals surface area (Å²) in [4.78, 5) is 7.85. The maximum absolute atomic E-state index is 4.39. The highest BCUT2D eigenvalue weighted by atomic mass is 15.3. The van der Waals surface area contributed by atoms with Crippen LogP contribution < -0.4 is 5.32 Å². The Hall–Kier alpha value is -1.36. The number of nitrogens with zero attached hydrogens (tertiary/aromatic N) is 3. The number of likely N-dealkylation sites (tertiary alicyclic amines) is 1. The van der Waals surface area contributed by atoms with E-state index in [1.807, 2.05) is 0 Å². The van der Waals surface area contributed by atoms with Crippen molar-refractivity contribution in [2.24, 2.45) is 0 Å². The molecule has 0 aromatic heterocycles. The van der Waals surface area contributed by atoms with Crippen LogP contribution in [-0.4, -0.2) is 79.6 Å². The first-order valence-corrected chi connectivity index (χ1v) is 11.4. The van der Waals surface area contributed by atoms with Crippen LogP contribution in [0.3, 0.4) is 0 Å². The summed E-state index contributed by atoms with van der Waals surface area (Å²) >= 11 is 0. The van der Waals surface area contributed by atoms with Crippen LogP contribution >= 0.6 is 0 Å². The SMILES string of the molecule is C=C(c1ccccc1)N(CCCC)CCCCN1CC(N2CCCNCC2)C1. The van der Waals surface area contributed by atoms with Gasteiger partial charge in [0.2, 0.25) is 0 Å². The largest absolute Gasteiger partial charge is 0.372 e. The highest BCUT2D eigenvalue weighted by Gasteiger charge is 2.31. The van der Waals surface area contributed by atoms with Gasteiger partial charge in [-0.25, -0.2) is 0 Å². The van der Waals surface area contributed by atoms with Crippen LogP contribution in [0, 0.1) is 0 Å². The van der Waals surface area contributed by atoms with Gasteiger partial charge in [-0.2, -0.15) is 0 Å². The summed E-state index contributed by atoms with van der Waals surface area (Å²) in [5.41, 5.74) is 2.45. The lowest BCUT2D eigenvalue weighted by atomic mass is 10.1. The Kier molecular flexibility index (Phi) is 8.84. The van der Waals surface area contributed by atoms with Crippen molar-refractivity contribution < 1.29 is 0 Å². The molecule has 1 N–H and O–H groups in total. The molecular formula is C24H40N4. The first-order valence-electron chi connectivity index (χ1n) is 11.4. The first kappa shape index (κ1) is 21.4. The molecule has 4 nitrogen and oxygen atoms in total. The Morgan fingerprint density at radius 3 is 2.64 bits per heavy atom. The second-order valence-corrected chi connectivity index (χ2v) is 8.41.